The summed E-state index contributed by atoms with van der Waals surface area (Å²) in [5.41, 5.74) is 5.57. The van der Waals surface area contributed by atoms with Crippen molar-refractivity contribution in [3.05, 3.63) is 0 Å². The maximum atomic E-state index is 12.7. The Hall–Kier alpha value is -2.73. The normalized spacial score (nSPS) is 20.3. The fraction of sp³-hybridized carbons (Fsp3) is 0.706. The highest BCUT2D eigenvalue weighted by atomic mass is 16.4. The van der Waals surface area contributed by atoms with Crippen LogP contribution in [0.3, 0.4) is 0 Å². The molecule has 0 aromatic carbocycles. The molecule has 29 heavy (non-hydrogen) atoms. The molecule has 1 saturated heterocycles. The van der Waals surface area contributed by atoms with Gasteiger partial charge in [-0.05, 0) is 33.1 Å². The lowest BCUT2D eigenvalue weighted by molar-refractivity contribution is -0.150. The molecule has 0 aliphatic carbocycles. The van der Waals surface area contributed by atoms with E-state index in [0.29, 0.717) is 6.42 Å². The fourth-order valence-corrected chi connectivity index (χ4v) is 2.93. The van der Waals surface area contributed by atoms with Crippen LogP contribution in [0, 0.1) is 0 Å². The van der Waals surface area contributed by atoms with Gasteiger partial charge in [0.1, 0.15) is 18.1 Å². The summed E-state index contributed by atoms with van der Waals surface area (Å²) in [6.45, 7) is 2.80. The van der Waals surface area contributed by atoms with E-state index in [1.165, 1.54) is 13.8 Å². The Morgan fingerprint density at radius 1 is 1.10 bits per heavy atom. The summed E-state index contributed by atoms with van der Waals surface area (Å²) in [5, 5.41) is 32.4. The van der Waals surface area contributed by atoms with E-state index >= 15 is 0 Å². The van der Waals surface area contributed by atoms with Gasteiger partial charge in [0, 0.05) is 13.0 Å². The first-order chi connectivity index (χ1) is 13.5. The standard InChI is InChI=1S/C17H28N4O8/c1-8(19-15(26)10(18)5-6-12(23)24)14(25)20-13(9(2)22)16(27)21-7-3-4-11(21)17(28)29/h8-11,13,22H,3-7,18H2,1-2H3,(H,19,26)(H,20,25)(H,23,24)(H,28,29). The van der Waals surface area contributed by atoms with Crippen LogP contribution in [0.2, 0.25) is 0 Å². The van der Waals surface area contributed by atoms with Gasteiger partial charge in [0.05, 0.1) is 12.1 Å². The van der Waals surface area contributed by atoms with Crippen molar-refractivity contribution in [2.45, 2.75) is 69.8 Å². The molecule has 12 nitrogen and oxygen atoms in total. The van der Waals surface area contributed by atoms with E-state index in [0.717, 1.165) is 4.90 Å². The lowest BCUT2D eigenvalue weighted by Gasteiger charge is -2.29. The van der Waals surface area contributed by atoms with E-state index in [1.54, 1.807) is 0 Å². The number of aliphatic hydroxyl groups excluding tert-OH is 1. The van der Waals surface area contributed by atoms with Crippen LogP contribution in [0.5, 0.6) is 0 Å². The third-order valence-corrected chi connectivity index (χ3v) is 4.63. The second-order valence-electron chi connectivity index (χ2n) is 7.02. The van der Waals surface area contributed by atoms with Gasteiger partial charge in [-0.25, -0.2) is 4.79 Å². The third-order valence-electron chi connectivity index (χ3n) is 4.63. The molecule has 7 N–H and O–H groups in total. The number of likely N-dealkylation sites (tertiary alicyclic amines) is 1. The van der Waals surface area contributed by atoms with Crippen LogP contribution in [0.4, 0.5) is 0 Å². The van der Waals surface area contributed by atoms with Crippen LogP contribution in [-0.2, 0) is 24.0 Å². The van der Waals surface area contributed by atoms with Gasteiger partial charge in [0.2, 0.25) is 17.7 Å². The molecule has 0 aromatic rings. The second kappa shape index (κ2) is 10.7. The quantitative estimate of drug-likeness (QED) is 0.225. The van der Waals surface area contributed by atoms with Gasteiger partial charge in [-0.15, -0.1) is 0 Å². The average Bonchev–Trinajstić information content (AvgIpc) is 3.12. The number of hydrogen-bond donors (Lipinski definition) is 6. The number of aliphatic hydroxyl groups is 1. The van der Waals surface area contributed by atoms with E-state index < -0.39 is 59.9 Å². The molecule has 0 spiro atoms. The van der Waals surface area contributed by atoms with E-state index in [2.05, 4.69) is 10.6 Å². The molecule has 0 saturated carbocycles. The summed E-state index contributed by atoms with van der Waals surface area (Å²) in [6, 6.07) is -4.66. The van der Waals surface area contributed by atoms with E-state index in [4.69, 9.17) is 10.8 Å². The Kier molecular flexibility index (Phi) is 8.98. The molecule has 3 amide bonds. The number of aliphatic carboxylic acids is 2. The lowest BCUT2D eigenvalue weighted by Crippen LogP contribution is -2.59. The molecule has 0 radical (unpaired) electrons. The first kappa shape index (κ1) is 24.3. The van der Waals surface area contributed by atoms with Crippen LogP contribution in [0.1, 0.15) is 39.5 Å². The molecule has 1 aliphatic rings. The summed E-state index contributed by atoms with van der Waals surface area (Å²) in [6.07, 6.45) is -0.960. The Bertz CT molecular complexity index is 653. The van der Waals surface area contributed by atoms with Crippen molar-refractivity contribution in [1.29, 1.82) is 0 Å². The van der Waals surface area contributed by atoms with Crippen LogP contribution < -0.4 is 16.4 Å². The van der Waals surface area contributed by atoms with Crippen molar-refractivity contribution in [1.82, 2.24) is 15.5 Å². The highest BCUT2D eigenvalue weighted by Gasteiger charge is 2.39. The molecule has 1 fully saturated rings. The molecule has 1 aliphatic heterocycles. The summed E-state index contributed by atoms with van der Waals surface area (Å²) < 4.78 is 0. The smallest absolute Gasteiger partial charge is 0.326 e. The predicted octanol–water partition coefficient (Wildman–Crippen LogP) is -2.38. The van der Waals surface area contributed by atoms with Crippen molar-refractivity contribution in [2.75, 3.05) is 6.54 Å². The molecule has 1 rings (SSSR count). The van der Waals surface area contributed by atoms with Crippen molar-refractivity contribution in [2.24, 2.45) is 5.73 Å². The number of carboxylic acids is 2. The summed E-state index contributed by atoms with van der Waals surface area (Å²) in [5.74, 6) is -4.52. The minimum absolute atomic E-state index is 0.115. The fourth-order valence-electron chi connectivity index (χ4n) is 2.93. The van der Waals surface area contributed by atoms with Gasteiger partial charge in [-0.2, -0.15) is 0 Å². The van der Waals surface area contributed by atoms with Crippen molar-refractivity contribution in [3.8, 4) is 0 Å². The van der Waals surface area contributed by atoms with Crippen LogP contribution >= 0.6 is 0 Å². The van der Waals surface area contributed by atoms with Gasteiger partial charge >= 0.3 is 11.9 Å². The molecule has 0 aromatic heterocycles. The number of amides is 3. The van der Waals surface area contributed by atoms with Gasteiger partial charge in [0.15, 0.2) is 0 Å². The zero-order chi connectivity index (χ0) is 22.3. The number of nitrogens with one attached hydrogen (secondary N) is 2. The first-order valence-corrected chi connectivity index (χ1v) is 9.25. The lowest BCUT2D eigenvalue weighted by atomic mass is 10.1. The average molecular weight is 416 g/mol. The van der Waals surface area contributed by atoms with Crippen molar-refractivity contribution < 1.29 is 39.3 Å². The topological polar surface area (TPSA) is 199 Å². The van der Waals surface area contributed by atoms with E-state index in [9.17, 15) is 34.2 Å². The van der Waals surface area contributed by atoms with Gasteiger partial charge in [-0.1, -0.05) is 0 Å². The Morgan fingerprint density at radius 3 is 2.24 bits per heavy atom. The molecule has 12 heteroatoms. The summed E-state index contributed by atoms with van der Waals surface area (Å²) in [7, 11) is 0. The number of rotatable bonds is 10. The summed E-state index contributed by atoms with van der Waals surface area (Å²) in [4.78, 5) is 59.9. The van der Waals surface area contributed by atoms with E-state index in [-0.39, 0.29) is 25.8 Å². The largest absolute Gasteiger partial charge is 0.481 e. The molecular formula is C17H28N4O8. The van der Waals surface area contributed by atoms with Gasteiger partial charge in [-0.3, -0.25) is 19.2 Å². The zero-order valence-electron chi connectivity index (χ0n) is 16.3. The monoisotopic (exact) mass is 416 g/mol. The SMILES string of the molecule is CC(NC(=O)C(N)CCC(=O)O)C(=O)NC(C(=O)N1CCCC1C(=O)O)C(C)O. The molecular weight excluding hydrogens is 388 g/mol. The second-order valence-corrected chi connectivity index (χ2v) is 7.02. The van der Waals surface area contributed by atoms with Crippen LogP contribution in [-0.4, -0.2) is 86.7 Å². The number of carbonyl (C=O) groups excluding carboxylic acids is 3. The van der Waals surface area contributed by atoms with Gasteiger partial charge < -0.3 is 36.6 Å². The molecule has 1 heterocycles. The number of nitrogens with two attached hydrogens (primary N) is 1. The van der Waals surface area contributed by atoms with E-state index in [1.807, 2.05) is 0 Å². The van der Waals surface area contributed by atoms with Crippen LogP contribution in [0.15, 0.2) is 0 Å². The number of nitrogens with zero attached hydrogens (tertiary/aromatic N) is 1. The molecule has 164 valence electrons. The number of carboxylic acid groups (broad SMARTS) is 2. The highest BCUT2D eigenvalue weighted by molar-refractivity contribution is 5.94. The van der Waals surface area contributed by atoms with Crippen molar-refractivity contribution in [3.63, 3.8) is 0 Å². The van der Waals surface area contributed by atoms with Gasteiger partial charge in [0.25, 0.3) is 0 Å². The Labute approximate surface area is 167 Å². The van der Waals surface area contributed by atoms with Crippen molar-refractivity contribution >= 4 is 29.7 Å². The maximum Gasteiger partial charge on any atom is 0.326 e. The highest BCUT2D eigenvalue weighted by Crippen LogP contribution is 2.19. The molecule has 0 bridgehead atoms. The third kappa shape index (κ3) is 6.98. The minimum atomic E-state index is -1.39. The molecule has 5 atom stereocenters. The number of carbonyl (C=O) groups is 5. The zero-order valence-corrected chi connectivity index (χ0v) is 16.3. The minimum Gasteiger partial charge on any atom is -0.481 e. The molecule has 5 unspecified atom stereocenters. The maximum absolute atomic E-state index is 12.7. The predicted molar refractivity (Wildman–Crippen MR) is 98.4 cm³/mol. The Balaban J connectivity index is 2.72. The summed E-state index contributed by atoms with van der Waals surface area (Å²) >= 11 is 0. The first-order valence-electron chi connectivity index (χ1n) is 9.25. The number of hydrogen-bond acceptors (Lipinski definition) is 7. The Morgan fingerprint density at radius 2 is 1.72 bits per heavy atom. The van der Waals surface area contributed by atoms with Crippen LogP contribution in [0.25, 0.3) is 0 Å².